The van der Waals surface area contributed by atoms with E-state index < -0.39 is 8.56 Å². The Balaban J connectivity index is 3.75. The minimum atomic E-state index is -1.81. The van der Waals surface area contributed by atoms with Gasteiger partial charge in [-0.15, -0.1) is 0 Å². The molecule has 0 aliphatic carbocycles. The first kappa shape index (κ1) is 15.4. The van der Waals surface area contributed by atoms with E-state index in [4.69, 9.17) is 8.85 Å². The first-order valence-electron chi connectivity index (χ1n) is 6.32. The molecular weight excluding hydrogens is 220 g/mol. The number of hydrogen-bond acceptors (Lipinski definition) is 2. The summed E-state index contributed by atoms with van der Waals surface area (Å²) in [5.74, 6) is 0. The van der Waals surface area contributed by atoms with Crippen LogP contribution in [0.15, 0.2) is 0 Å². The monoisotopic (exact) mass is 248 g/mol. The minimum Gasteiger partial charge on any atom is -0.395 e. The van der Waals surface area contributed by atoms with Crippen LogP contribution in [0.5, 0.6) is 0 Å². The molecule has 0 radical (unpaired) electrons. The zero-order chi connectivity index (χ0) is 11.7. The van der Waals surface area contributed by atoms with Crippen LogP contribution in [0, 0.1) is 0 Å². The van der Waals surface area contributed by atoms with E-state index in [1.54, 1.807) is 0 Å². The second kappa shape index (κ2) is 8.50. The summed E-state index contributed by atoms with van der Waals surface area (Å²) in [4.78, 5) is 0. The lowest BCUT2D eigenvalue weighted by Gasteiger charge is -2.25. The molecule has 0 aromatic carbocycles. The fraction of sp³-hybridized carbons (Fsp3) is 1.00. The maximum atomic E-state index is 5.80. The smallest absolute Gasteiger partial charge is 0.334 e. The number of rotatable bonds is 9. The Bertz CT molecular complexity index is 146. The van der Waals surface area contributed by atoms with Crippen molar-refractivity contribution >= 4 is 17.4 Å². The Hall–Kier alpha value is 0.354. The van der Waals surface area contributed by atoms with Gasteiger partial charge in [0.1, 0.15) is 0 Å². The molecule has 0 aliphatic rings. The first-order valence-corrected chi connectivity index (χ1v) is 12.0. The molecule has 0 saturated heterocycles. The van der Waals surface area contributed by atoms with Gasteiger partial charge in [-0.1, -0.05) is 32.0 Å². The molecule has 0 amide bonds. The molecule has 0 saturated carbocycles. The maximum absolute atomic E-state index is 5.80. The molecule has 0 N–H and O–H groups in total. The molecule has 0 fully saturated rings. The van der Waals surface area contributed by atoms with Crippen molar-refractivity contribution in [3.8, 4) is 0 Å². The molecule has 92 valence electrons. The van der Waals surface area contributed by atoms with Gasteiger partial charge < -0.3 is 8.85 Å². The molecule has 15 heavy (non-hydrogen) atoms. The Kier molecular flexibility index (Phi) is 8.70. The van der Waals surface area contributed by atoms with Crippen molar-refractivity contribution in [2.45, 2.75) is 58.4 Å². The van der Waals surface area contributed by atoms with E-state index in [-0.39, 0.29) is 8.80 Å². The summed E-state index contributed by atoms with van der Waals surface area (Å²) in [6.07, 6.45) is 2.65. The zero-order valence-electron chi connectivity index (χ0n) is 11.1. The van der Waals surface area contributed by atoms with E-state index in [0.29, 0.717) is 0 Å². The van der Waals surface area contributed by atoms with E-state index in [0.717, 1.165) is 19.3 Å². The van der Waals surface area contributed by atoms with Crippen LogP contribution in [0.25, 0.3) is 0 Å². The van der Waals surface area contributed by atoms with Crippen LogP contribution >= 0.6 is 0 Å². The average molecular weight is 249 g/mol. The molecule has 0 bridgehead atoms. The predicted molar refractivity (Wildman–Crippen MR) is 72.6 cm³/mol. The van der Waals surface area contributed by atoms with Crippen molar-refractivity contribution in [3.05, 3.63) is 0 Å². The summed E-state index contributed by atoms with van der Waals surface area (Å²) in [6, 6.07) is 2.62. The van der Waals surface area contributed by atoms with Crippen LogP contribution < -0.4 is 0 Å². The Morgan fingerprint density at radius 1 is 1.00 bits per heavy atom. The number of unbranched alkanes of at least 4 members (excludes halogenated alkanes) is 1. The molecule has 0 aliphatic heterocycles. The first-order chi connectivity index (χ1) is 7.04. The molecule has 0 aromatic rings. The third-order valence-corrected chi connectivity index (χ3v) is 7.19. The van der Waals surface area contributed by atoms with Crippen molar-refractivity contribution in [2.24, 2.45) is 0 Å². The summed E-state index contributed by atoms with van der Waals surface area (Å²) < 4.78 is 11.6. The molecule has 0 rings (SSSR count). The Morgan fingerprint density at radius 2 is 1.53 bits per heavy atom. The lowest BCUT2D eigenvalue weighted by Crippen LogP contribution is -2.38. The third kappa shape index (κ3) is 8.19. The molecule has 0 spiro atoms. The van der Waals surface area contributed by atoms with Gasteiger partial charge in [-0.25, -0.2) is 0 Å². The topological polar surface area (TPSA) is 18.5 Å². The van der Waals surface area contributed by atoms with Crippen molar-refractivity contribution in [1.82, 2.24) is 0 Å². The Morgan fingerprint density at radius 3 is 1.93 bits per heavy atom. The summed E-state index contributed by atoms with van der Waals surface area (Å²) in [6.45, 7) is 12.7. The molecule has 0 heterocycles. The van der Waals surface area contributed by atoms with Crippen molar-refractivity contribution in [1.29, 1.82) is 0 Å². The third-order valence-electron chi connectivity index (χ3n) is 2.56. The van der Waals surface area contributed by atoms with E-state index in [1.165, 1.54) is 18.9 Å². The van der Waals surface area contributed by atoms with Crippen LogP contribution in [0.1, 0.15) is 26.7 Å². The van der Waals surface area contributed by atoms with Crippen LogP contribution in [0.4, 0.5) is 0 Å². The fourth-order valence-electron chi connectivity index (χ4n) is 1.80. The molecule has 4 heteroatoms. The van der Waals surface area contributed by atoms with Gasteiger partial charge in [0.05, 0.1) is 0 Å². The van der Waals surface area contributed by atoms with Crippen molar-refractivity contribution < 1.29 is 8.85 Å². The highest BCUT2D eigenvalue weighted by Crippen LogP contribution is 2.18. The van der Waals surface area contributed by atoms with Crippen LogP contribution in [-0.4, -0.2) is 30.6 Å². The molecule has 2 nitrogen and oxygen atoms in total. The van der Waals surface area contributed by atoms with Gasteiger partial charge in [0.25, 0.3) is 0 Å². The quantitative estimate of drug-likeness (QED) is 0.460. The van der Waals surface area contributed by atoms with Crippen LogP contribution in [0.3, 0.4) is 0 Å². The van der Waals surface area contributed by atoms with Gasteiger partial charge in [0.15, 0.2) is 0 Å². The van der Waals surface area contributed by atoms with E-state index in [2.05, 4.69) is 33.5 Å². The van der Waals surface area contributed by atoms with Crippen molar-refractivity contribution in [3.63, 3.8) is 0 Å². The zero-order valence-corrected chi connectivity index (χ0v) is 13.3. The van der Waals surface area contributed by atoms with E-state index >= 15 is 0 Å². The second-order valence-electron chi connectivity index (χ2n) is 4.64. The van der Waals surface area contributed by atoms with Gasteiger partial charge in [0, 0.05) is 22.0 Å². The molecular formula is C11H28O2Si2. The van der Waals surface area contributed by atoms with Crippen LogP contribution in [0.2, 0.25) is 31.7 Å². The minimum absolute atomic E-state index is 0.355. The SMILES string of the molecule is CCO[Si](C)(CCCC[SiH](C)C)OCC. The normalized spacial score (nSPS) is 12.4. The average Bonchev–Trinajstić information content (AvgIpc) is 2.13. The molecule has 0 atom stereocenters. The second-order valence-corrected chi connectivity index (χ2v) is 11.3. The van der Waals surface area contributed by atoms with Crippen LogP contribution in [-0.2, 0) is 8.85 Å². The van der Waals surface area contributed by atoms with Gasteiger partial charge in [0.2, 0.25) is 0 Å². The van der Waals surface area contributed by atoms with Crippen molar-refractivity contribution in [2.75, 3.05) is 13.2 Å². The lowest BCUT2D eigenvalue weighted by molar-refractivity contribution is 0.188. The number of hydrogen-bond donors (Lipinski definition) is 0. The standard InChI is InChI=1S/C11H28O2Si2/c1-6-12-15(5,13-7-2)11-9-8-10-14(3)4/h14H,6-11H2,1-5H3. The summed E-state index contributed by atoms with van der Waals surface area (Å²) in [7, 11) is -2.16. The fourth-order valence-corrected chi connectivity index (χ4v) is 5.39. The highest BCUT2D eigenvalue weighted by Gasteiger charge is 2.29. The van der Waals surface area contributed by atoms with Gasteiger partial charge in [-0.2, -0.15) is 0 Å². The maximum Gasteiger partial charge on any atom is 0.334 e. The molecule has 0 unspecified atom stereocenters. The van der Waals surface area contributed by atoms with E-state index in [9.17, 15) is 0 Å². The summed E-state index contributed by atoms with van der Waals surface area (Å²) in [5.41, 5.74) is 0. The predicted octanol–water partition coefficient (Wildman–Crippen LogP) is 3.40. The highest BCUT2D eigenvalue weighted by molar-refractivity contribution is 6.66. The summed E-state index contributed by atoms with van der Waals surface area (Å²) in [5, 5.41) is 0. The Labute approximate surface area is 98.2 Å². The van der Waals surface area contributed by atoms with Gasteiger partial charge >= 0.3 is 8.56 Å². The largest absolute Gasteiger partial charge is 0.395 e. The van der Waals surface area contributed by atoms with Gasteiger partial charge in [-0.05, 0) is 26.4 Å². The van der Waals surface area contributed by atoms with Gasteiger partial charge in [-0.3, -0.25) is 0 Å². The highest BCUT2D eigenvalue weighted by atomic mass is 28.4. The summed E-state index contributed by atoms with van der Waals surface area (Å²) >= 11 is 0. The molecule has 0 aromatic heterocycles. The lowest BCUT2D eigenvalue weighted by atomic mass is 10.4. The van der Waals surface area contributed by atoms with E-state index in [1.807, 2.05) is 0 Å².